The smallest absolute Gasteiger partial charge is 0.127 e. The summed E-state index contributed by atoms with van der Waals surface area (Å²) in [6.07, 6.45) is 1.29. The minimum atomic E-state index is -0.431. The number of rotatable bonds is 6. The predicted molar refractivity (Wildman–Crippen MR) is 90.1 cm³/mol. The molecule has 0 bridgehead atoms. The van der Waals surface area contributed by atoms with Crippen LogP contribution in [0.5, 0.6) is 5.75 Å². The van der Waals surface area contributed by atoms with E-state index in [0.717, 1.165) is 16.9 Å². The summed E-state index contributed by atoms with van der Waals surface area (Å²) in [5.74, 6) is 0.175. The summed E-state index contributed by atoms with van der Waals surface area (Å²) in [6.45, 7) is 6.66. The fourth-order valence-corrected chi connectivity index (χ4v) is 2.66. The maximum atomic E-state index is 13.8. The van der Waals surface area contributed by atoms with Crippen LogP contribution in [0, 0.1) is 37.9 Å². The molecule has 120 valence electrons. The largest absolute Gasteiger partial charge is 0.493 e. The third-order valence-corrected chi connectivity index (χ3v) is 4.19. The second-order valence-electron chi connectivity index (χ2n) is 5.85. The number of hydrogen-bond acceptors (Lipinski definition) is 2. The summed E-state index contributed by atoms with van der Waals surface area (Å²) in [6, 6.07) is 12.8. The Labute approximate surface area is 137 Å². The van der Waals surface area contributed by atoms with Gasteiger partial charge in [0.2, 0.25) is 0 Å². The topological polar surface area (TPSA) is 33.0 Å². The average molecular weight is 311 g/mol. The highest BCUT2D eigenvalue weighted by Crippen LogP contribution is 2.27. The number of aryl methyl sites for hydroxylation is 2. The monoisotopic (exact) mass is 311 g/mol. The van der Waals surface area contributed by atoms with E-state index in [0.29, 0.717) is 25.0 Å². The molecular weight excluding hydrogens is 289 g/mol. The quantitative estimate of drug-likeness (QED) is 0.685. The Morgan fingerprint density at radius 1 is 1.09 bits per heavy atom. The molecule has 0 aliphatic heterocycles. The van der Waals surface area contributed by atoms with Crippen molar-refractivity contribution >= 4 is 0 Å². The summed E-state index contributed by atoms with van der Waals surface area (Å²) in [7, 11) is 0. The Balaban J connectivity index is 1.94. The van der Waals surface area contributed by atoms with Gasteiger partial charge in [0.1, 0.15) is 11.6 Å². The molecule has 2 rings (SSSR count). The standard InChI is InChI=1S/C20H22FNO/c1-14-10-11-15(2)20(16(14)3)23-12-6-7-17(13-22)18-8-4-5-9-19(18)21/h4-5,8-11,17H,6-7,12H2,1-3H3. The molecule has 1 atom stereocenters. The Morgan fingerprint density at radius 2 is 1.78 bits per heavy atom. The number of halogens is 1. The van der Waals surface area contributed by atoms with Gasteiger partial charge in [-0.15, -0.1) is 0 Å². The summed E-state index contributed by atoms with van der Waals surface area (Å²) in [5.41, 5.74) is 3.93. The van der Waals surface area contributed by atoms with Crippen LogP contribution in [0.4, 0.5) is 4.39 Å². The van der Waals surface area contributed by atoms with Crippen LogP contribution in [0.15, 0.2) is 36.4 Å². The number of nitriles is 1. The molecule has 0 amide bonds. The number of hydrogen-bond donors (Lipinski definition) is 0. The third kappa shape index (κ3) is 4.10. The van der Waals surface area contributed by atoms with Gasteiger partial charge in [0.25, 0.3) is 0 Å². The zero-order valence-corrected chi connectivity index (χ0v) is 13.9. The maximum absolute atomic E-state index is 13.8. The predicted octanol–water partition coefficient (Wildman–Crippen LogP) is 5.22. The molecule has 0 radical (unpaired) electrons. The van der Waals surface area contributed by atoms with E-state index in [1.165, 1.54) is 11.6 Å². The molecule has 0 saturated heterocycles. The second-order valence-corrected chi connectivity index (χ2v) is 5.85. The average Bonchev–Trinajstić information content (AvgIpc) is 2.55. The molecule has 2 nitrogen and oxygen atoms in total. The van der Waals surface area contributed by atoms with E-state index in [-0.39, 0.29) is 5.82 Å². The van der Waals surface area contributed by atoms with E-state index in [2.05, 4.69) is 32.0 Å². The van der Waals surface area contributed by atoms with Crippen molar-refractivity contribution in [2.24, 2.45) is 0 Å². The molecule has 2 aromatic carbocycles. The van der Waals surface area contributed by atoms with Crippen LogP contribution < -0.4 is 4.74 Å². The van der Waals surface area contributed by atoms with Crippen LogP contribution in [0.25, 0.3) is 0 Å². The Kier molecular flexibility index (Phi) is 5.76. The highest BCUT2D eigenvalue weighted by molar-refractivity contribution is 5.44. The number of benzene rings is 2. The van der Waals surface area contributed by atoms with Crippen molar-refractivity contribution < 1.29 is 9.13 Å². The molecule has 1 unspecified atom stereocenters. The SMILES string of the molecule is Cc1ccc(C)c(OCCCC(C#N)c2ccccc2F)c1C. The number of nitrogens with zero attached hydrogens (tertiary/aromatic N) is 1. The molecule has 0 heterocycles. The molecule has 0 aromatic heterocycles. The first-order valence-corrected chi connectivity index (χ1v) is 7.88. The summed E-state index contributed by atoms with van der Waals surface area (Å²) < 4.78 is 19.7. The van der Waals surface area contributed by atoms with Crippen molar-refractivity contribution in [2.75, 3.05) is 6.61 Å². The van der Waals surface area contributed by atoms with E-state index >= 15 is 0 Å². The van der Waals surface area contributed by atoms with Gasteiger partial charge in [0.05, 0.1) is 18.6 Å². The molecule has 0 N–H and O–H groups in total. The van der Waals surface area contributed by atoms with Crippen molar-refractivity contribution in [1.82, 2.24) is 0 Å². The molecule has 0 fully saturated rings. The van der Waals surface area contributed by atoms with Crippen LogP contribution in [-0.4, -0.2) is 6.61 Å². The van der Waals surface area contributed by atoms with Crippen molar-refractivity contribution in [3.05, 3.63) is 64.5 Å². The van der Waals surface area contributed by atoms with Crippen molar-refractivity contribution in [2.45, 2.75) is 39.5 Å². The van der Waals surface area contributed by atoms with Gasteiger partial charge in [-0.05, 0) is 56.4 Å². The van der Waals surface area contributed by atoms with Gasteiger partial charge < -0.3 is 4.74 Å². The highest BCUT2D eigenvalue weighted by atomic mass is 19.1. The third-order valence-electron chi connectivity index (χ3n) is 4.19. The first kappa shape index (κ1) is 17.0. The summed E-state index contributed by atoms with van der Waals surface area (Å²) in [4.78, 5) is 0. The number of ether oxygens (including phenoxy) is 1. The van der Waals surface area contributed by atoms with Gasteiger partial charge in [-0.3, -0.25) is 0 Å². The fourth-order valence-electron chi connectivity index (χ4n) is 2.66. The first-order chi connectivity index (χ1) is 11.0. The molecule has 3 heteroatoms. The maximum Gasteiger partial charge on any atom is 0.127 e. The molecular formula is C20H22FNO. The van der Waals surface area contributed by atoms with E-state index in [9.17, 15) is 9.65 Å². The minimum absolute atomic E-state index is 0.314. The molecule has 0 spiro atoms. The zero-order chi connectivity index (χ0) is 16.8. The van der Waals surface area contributed by atoms with Crippen molar-refractivity contribution in [1.29, 1.82) is 5.26 Å². The molecule has 2 aromatic rings. The minimum Gasteiger partial charge on any atom is -0.493 e. The summed E-state index contributed by atoms with van der Waals surface area (Å²) in [5, 5.41) is 9.29. The Morgan fingerprint density at radius 3 is 2.48 bits per heavy atom. The van der Waals surface area contributed by atoms with Gasteiger partial charge >= 0.3 is 0 Å². The zero-order valence-electron chi connectivity index (χ0n) is 13.9. The van der Waals surface area contributed by atoms with Gasteiger partial charge in [0, 0.05) is 5.56 Å². The van der Waals surface area contributed by atoms with E-state index in [1.807, 2.05) is 6.92 Å². The normalized spacial score (nSPS) is 11.8. The molecule has 23 heavy (non-hydrogen) atoms. The van der Waals surface area contributed by atoms with Crippen LogP contribution in [0.2, 0.25) is 0 Å². The van der Waals surface area contributed by atoms with Crippen LogP contribution in [-0.2, 0) is 0 Å². The van der Waals surface area contributed by atoms with Gasteiger partial charge in [-0.2, -0.15) is 5.26 Å². The molecule has 0 aliphatic carbocycles. The summed E-state index contributed by atoms with van der Waals surface area (Å²) >= 11 is 0. The lowest BCUT2D eigenvalue weighted by atomic mass is 9.95. The van der Waals surface area contributed by atoms with Gasteiger partial charge in [-0.25, -0.2) is 4.39 Å². The Hall–Kier alpha value is -2.34. The van der Waals surface area contributed by atoms with Gasteiger partial charge in [-0.1, -0.05) is 30.3 Å². The van der Waals surface area contributed by atoms with Gasteiger partial charge in [0.15, 0.2) is 0 Å². The Bertz CT molecular complexity index is 718. The lowest BCUT2D eigenvalue weighted by molar-refractivity contribution is 0.300. The van der Waals surface area contributed by atoms with Crippen LogP contribution in [0.1, 0.15) is 41.0 Å². The van der Waals surface area contributed by atoms with E-state index in [4.69, 9.17) is 4.74 Å². The lowest BCUT2D eigenvalue weighted by Crippen LogP contribution is -2.05. The fraction of sp³-hybridized carbons (Fsp3) is 0.350. The first-order valence-electron chi connectivity index (χ1n) is 7.88. The van der Waals surface area contributed by atoms with Crippen molar-refractivity contribution in [3.8, 4) is 11.8 Å². The van der Waals surface area contributed by atoms with Crippen LogP contribution in [0.3, 0.4) is 0 Å². The van der Waals surface area contributed by atoms with Crippen LogP contribution >= 0.6 is 0 Å². The second kappa shape index (κ2) is 7.78. The van der Waals surface area contributed by atoms with E-state index < -0.39 is 5.92 Å². The van der Waals surface area contributed by atoms with E-state index in [1.54, 1.807) is 18.2 Å². The molecule has 0 saturated carbocycles. The van der Waals surface area contributed by atoms with Crippen molar-refractivity contribution in [3.63, 3.8) is 0 Å². The lowest BCUT2D eigenvalue weighted by Gasteiger charge is -2.15. The molecule has 0 aliphatic rings. The highest BCUT2D eigenvalue weighted by Gasteiger charge is 2.14.